The molecule has 0 radical (unpaired) electrons. The third-order valence-electron chi connectivity index (χ3n) is 1.69. The molecule has 1 rings (SSSR count). The highest BCUT2D eigenvalue weighted by Crippen LogP contribution is 2.30. The zero-order valence-electron chi connectivity index (χ0n) is 10.3. The van der Waals surface area contributed by atoms with Crippen LogP contribution in [0.1, 0.15) is 20.8 Å². The van der Waals surface area contributed by atoms with Gasteiger partial charge < -0.3 is 9.84 Å². The van der Waals surface area contributed by atoms with Gasteiger partial charge in [0.25, 0.3) is 0 Å². The fourth-order valence-corrected chi connectivity index (χ4v) is 1.78. The van der Waals surface area contributed by atoms with E-state index in [-0.39, 0.29) is 17.0 Å². The predicted molar refractivity (Wildman–Crippen MR) is 67.0 cm³/mol. The van der Waals surface area contributed by atoms with Gasteiger partial charge in [-0.2, -0.15) is 0 Å². The van der Waals surface area contributed by atoms with Crippen molar-refractivity contribution in [2.24, 2.45) is 0 Å². The van der Waals surface area contributed by atoms with Crippen molar-refractivity contribution in [3.63, 3.8) is 0 Å². The average Bonchev–Trinajstić information content (AvgIpc) is 2.05. The van der Waals surface area contributed by atoms with Gasteiger partial charge in [-0.15, -0.1) is 0 Å². The molecule has 2 N–H and O–H groups in total. The van der Waals surface area contributed by atoms with Crippen molar-refractivity contribution in [1.82, 2.24) is 0 Å². The Labute approximate surface area is 101 Å². The first-order valence-corrected chi connectivity index (χ1v) is 6.96. The Morgan fingerprint density at radius 3 is 2.35 bits per heavy atom. The van der Waals surface area contributed by atoms with Crippen molar-refractivity contribution in [2.75, 3.05) is 11.0 Å². The van der Waals surface area contributed by atoms with Crippen LogP contribution in [0.15, 0.2) is 18.2 Å². The van der Waals surface area contributed by atoms with Crippen LogP contribution < -0.4 is 9.46 Å². The Morgan fingerprint density at radius 1 is 1.29 bits per heavy atom. The molecule has 5 nitrogen and oxygen atoms in total. The molecular weight excluding hydrogens is 242 g/mol. The third-order valence-corrected chi connectivity index (χ3v) is 2.28. The first-order valence-electron chi connectivity index (χ1n) is 5.07. The summed E-state index contributed by atoms with van der Waals surface area (Å²) in [6, 6.07) is 4.41. The molecule has 0 aliphatic rings. The molecule has 6 heteroatoms. The first-order chi connectivity index (χ1) is 7.57. The molecule has 1 aromatic carbocycles. The lowest BCUT2D eigenvalue weighted by Crippen LogP contribution is -2.23. The molecule has 0 bridgehead atoms. The third kappa shape index (κ3) is 4.95. The minimum Gasteiger partial charge on any atom is -0.506 e. The number of hydrogen-bond donors (Lipinski definition) is 2. The van der Waals surface area contributed by atoms with E-state index in [0.29, 0.717) is 5.75 Å². The Bertz CT molecular complexity index is 503. The van der Waals surface area contributed by atoms with E-state index in [1.165, 1.54) is 12.1 Å². The van der Waals surface area contributed by atoms with Crippen LogP contribution in [-0.2, 0) is 10.0 Å². The summed E-state index contributed by atoms with van der Waals surface area (Å²) in [5, 5.41) is 9.51. The predicted octanol–water partition coefficient (Wildman–Crippen LogP) is 1.94. The standard InChI is InChI=1S/C11H17NO4S/c1-11(2,3)16-8-5-6-10(13)9(7-8)12-17(4,14)15/h5-7,12-13H,1-4H3. The summed E-state index contributed by atoms with van der Waals surface area (Å²) in [5.41, 5.74) is -0.284. The van der Waals surface area contributed by atoms with Gasteiger partial charge in [0.2, 0.25) is 10.0 Å². The maximum Gasteiger partial charge on any atom is 0.229 e. The number of anilines is 1. The number of sulfonamides is 1. The Balaban J connectivity index is 3.03. The van der Waals surface area contributed by atoms with Gasteiger partial charge >= 0.3 is 0 Å². The first kappa shape index (κ1) is 13.6. The highest BCUT2D eigenvalue weighted by molar-refractivity contribution is 7.92. The summed E-state index contributed by atoms with van der Waals surface area (Å²) in [6.45, 7) is 5.64. The molecule has 0 aromatic heterocycles. The Kier molecular flexibility index (Phi) is 3.56. The number of aromatic hydroxyl groups is 1. The fourth-order valence-electron chi connectivity index (χ4n) is 1.21. The molecule has 0 saturated carbocycles. The summed E-state index contributed by atoms with van der Waals surface area (Å²) in [4.78, 5) is 0. The number of hydrogen-bond acceptors (Lipinski definition) is 4. The van der Waals surface area contributed by atoms with Crippen molar-refractivity contribution in [1.29, 1.82) is 0 Å². The lowest BCUT2D eigenvalue weighted by atomic mass is 10.2. The molecule has 0 fully saturated rings. The summed E-state index contributed by atoms with van der Waals surface area (Å²) < 4.78 is 30.0. The monoisotopic (exact) mass is 259 g/mol. The van der Waals surface area contributed by atoms with Crippen LogP contribution in [0.5, 0.6) is 11.5 Å². The smallest absolute Gasteiger partial charge is 0.229 e. The van der Waals surface area contributed by atoms with E-state index >= 15 is 0 Å². The second kappa shape index (κ2) is 4.44. The van der Waals surface area contributed by atoms with Crippen LogP contribution in [-0.4, -0.2) is 25.4 Å². The van der Waals surface area contributed by atoms with E-state index in [2.05, 4.69) is 4.72 Å². The lowest BCUT2D eigenvalue weighted by molar-refractivity contribution is 0.131. The van der Waals surface area contributed by atoms with Gasteiger partial charge in [0.1, 0.15) is 17.1 Å². The lowest BCUT2D eigenvalue weighted by Gasteiger charge is -2.21. The highest BCUT2D eigenvalue weighted by atomic mass is 32.2. The van der Waals surface area contributed by atoms with E-state index in [4.69, 9.17) is 4.74 Å². The van der Waals surface area contributed by atoms with Crippen LogP contribution in [0.4, 0.5) is 5.69 Å². The van der Waals surface area contributed by atoms with E-state index < -0.39 is 10.0 Å². The molecule has 0 aliphatic heterocycles. The van der Waals surface area contributed by atoms with Gasteiger partial charge in [0.15, 0.2) is 0 Å². The van der Waals surface area contributed by atoms with Crippen molar-refractivity contribution >= 4 is 15.7 Å². The average molecular weight is 259 g/mol. The summed E-state index contributed by atoms with van der Waals surface area (Å²) in [7, 11) is -3.43. The zero-order chi connectivity index (χ0) is 13.3. The summed E-state index contributed by atoms with van der Waals surface area (Å²) in [5.74, 6) is 0.345. The Hall–Kier alpha value is -1.43. The van der Waals surface area contributed by atoms with E-state index in [1.807, 2.05) is 20.8 Å². The van der Waals surface area contributed by atoms with Crippen molar-refractivity contribution < 1.29 is 18.3 Å². The second-order valence-corrected chi connectivity index (χ2v) is 6.52. The molecule has 0 atom stereocenters. The topological polar surface area (TPSA) is 75.6 Å². The van der Waals surface area contributed by atoms with E-state index in [1.54, 1.807) is 6.07 Å². The normalized spacial score (nSPS) is 12.2. The molecule has 0 heterocycles. The molecule has 1 aromatic rings. The minimum absolute atomic E-state index is 0.106. The summed E-state index contributed by atoms with van der Waals surface area (Å²) in [6.07, 6.45) is 1.02. The molecule has 96 valence electrons. The second-order valence-electron chi connectivity index (χ2n) is 4.77. The molecule has 0 saturated heterocycles. The SMILES string of the molecule is CC(C)(C)Oc1ccc(O)c(NS(C)(=O)=O)c1. The number of benzene rings is 1. The van der Waals surface area contributed by atoms with Crippen LogP contribution in [0, 0.1) is 0 Å². The van der Waals surface area contributed by atoms with Crippen LogP contribution in [0.2, 0.25) is 0 Å². The van der Waals surface area contributed by atoms with Gasteiger partial charge in [-0.1, -0.05) is 0 Å². The molecule has 0 amide bonds. The van der Waals surface area contributed by atoms with Crippen molar-refractivity contribution in [3.8, 4) is 11.5 Å². The zero-order valence-corrected chi connectivity index (χ0v) is 11.1. The molecule has 0 unspecified atom stereocenters. The van der Waals surface area contributed by atoms with Gasteiger partial charge in [0, 0.05) is 6.07 Å². The minimum atomic E-state index is -3.43. The van der Waals surface area contributed by atoms with E-state index in [0.717, 1.165) is 6.26 Å². The van der Waals surface area contributed by atoms with E-state index in [9.17, 15) is 13.5 Å². The molecule has 17 heavy (non-hydrogen) atoms. The van der Waals surface area contributed by atoms with Crippen LogP contribution >= 0.6 is 0 Å². The number of ether oxygens (including phenoxy) is 1. The van der Waals surface area contributed by atoms with Crippen LogP contribution in [0.25, 0.3) is 0 Å². The number of phenols is 1. The van der Waals surface area contributed by atoms with Crippen molar-refractivity contribution in [3.05, 3.63) is 18.2 Å². The molecule has 0 aliphatic carbocycles. The number of rotatable bonds is 3. The number of nitrogens with one attached hydrogen (secondary N) is 1. The van der Waals surface area contributed by atoms with Gasteiger partial charge in [0.05, 0.1) is 11.9 Å². The fraction of sp³-hybridized carbons (Fsp3) is 0.455. The largest absolute Gasteiger partial charge is 0.506 e. The maximum atomic E-state index is 11.1. The molecule has 0 spiro atoms. The summed E-state index contributed by atoms with van der Waals surface area (Å²) >= 11 is 0. The van der Waals surface area contributed by atoms with Crippen LogP contribution in [0.3, 0.4) is 0 Å². The van der Waals surface area contributed by atoms with Gasteiger partial charge in [-0.05, 0) is 32.9 Å². The highest BCUT2D eigenvalue weighted by Gasteiger charge is 2.14. The van der Waals surface area contributed by atoms with Gasteiger partial charge in [-0.25, -0.2) is 8.42 Å². The number of phenolic OH excluding ortho intramolecular Hbond substituents is 1. The molecular formula is C11H17NO4S. The van der Waals surface area contributed by atoms with Crippen molar-refractivity contribution in [2.45, 2.75) is 26.4 Å². The Morgan fingerprint density at radius 2 is 1.88 bits per heavy atom. The maximum absolute atomic E-state index is 11.1. The van der Waals surface area contributed by atoms with Gasteiger partial charge in [-0.3, -0.25) is 4.72 Å². The quantitative estimate of drug-likeness (QED) is 0.813.